The fourth-order valence-electron chi connectivity index (χ4n) is 1.78. The molecule has 1 rings (SSSR count). The first kappa shape index (κ1) is 13.7. The Hall–Kier alpha value is -1.33. The summed E-state index contributed by atoms with van der Waals surface area (Å²) >= 11 is 0. The number of benzene rings is 1. The van der Waals surface area contributed by atoms with Crippen molar-refractivity contribution >= 4 is 14.5 Å². The largest absolute Gasteiger partial charge is 0.394 e. The SMILES string of the molecule is C=CC(=C)/C(=C/NC)C(C)c1cccc(P)c1. The lowest BCUT2D eigenvalue weighted by Gasteiger charge is -2.17. The van der Waals surface area contributed by atoms with E-state index < -0.39 is 0 Å². The van der Waals surface area contributed by atoms with Crippen molar-refractivity contribution in [3.8, 4) is 0 Å². The van der Waals surface area contributed by atoms with Gasteiger partial charge in [-0.05, 0) is 22.0 Å². The van der Waals surface area contributed by atoms with Crippen LogP contribution in [-0.4, -0.2) is 7.05 Å². The molecule has 1 aromatic carbocycles. The molecule has 0 aliphatic heterocycles. The molecule has 0 fully saturated rings. The van der Waals surface area contributed by atoms with E-state index in [2.05, 4.69) is 58.9 Å². The summed E-state index contributed by atoms with van der Waals surface area (Å²) in [5.74, 6) is 0.299. The predicted molar refractivity (Wildman–Crippen MR) is 80.7 cm³/mol. The maximum absolute atomic E-state index is 4.03. The highest BCUT2D eigenvalue weighted by Crippen LogP contribution is 2.28. The molecule has 17 heavy (non-hydrogen) atoms. The second-order valence-electron chi connectivity index (χ2n) is 4.01. The van der Waals surface area contributed by atoms with E-state index in [0.717, 1.165) is 11.1 Å². The van der Waals surface area contributed by atoms with Gasteiger partial charge in [0.1, 0.15) is 0 Å². The molecule has 1 aromatic rings. The van der Waals surface area contributed by atoms with E-state index in [9.17, 15) is 0 Å². The van der Waals surface area contributed by atoms with Gasteiger partial charge >= 0.3 is 0 Å². The minimum atomic E-state index is 0.299. The Labute approximate surface area is 107 Å². The van der Waals surface area contributed by atoms with Crippen LogP contribution >= 0.6 is 9.24 Å². The van der Waals surface area contributed by atoms with Gasteiger partial charge in [0.25, 0.3) is 0 Å². The van der Waals surface area contributed by atoms with Crippen molar-refractivity contribution in [3.05, 3.63) is 66.4 Å². The summed E-state index contributed by atoms with van der Waals surface area (Å²) in [5, 5.41) is 4.27. The van der Waals surface area contributed by atoms with Gasteiger partial charge in [-0.2, -0.15) is 0 Å². The van der Waals surface area contributed by atoms with Crippen molar-refractivity contribution in [2.75, 3.05) is 7.05 Å². The van der Waals surface area contributed by atoms with Gasteiger partial charge in [0.2, 0.25) is 0 Å². The number of rotatable bonds is 5. The molecule has 90 valence electrons. The Morgan fingerprint density at radius 3 is 2.71 bits per heavy atom. The number of hydrogen-bond acceptors (Lipinski definition) is 1. The van der Waals surface area contributed by atoms with Crippen molar-refractivity contribution in [2.45, 2.75) is 12.8 Å². The van der Waals surface area contributed by atoms with Crippen LogP contribution in [0.1, 0.15) is 18.4 Å². The van der Waals surface area contributed by atoms with Crippen molar-refractivity contribution in [2.24, 2.45) is 0 Å². The Morgan fingerprint density at radius 2 is 2.18 bits per heavy atom. The van der Waals surface area contributed by atoms with Crippen LogP contribution in [0, 0.1) is 0 Å². The van der Waals surface area contributed by atoms with Gasteiger partial charge in [0, 0.05) is 19.2 Å². The molecular formula is C15H20NP. The summed E-state index contributed by atoms with van der Waals surface area (Å²) in [4.78, 5) is 0. The maximum Gasteiger partial charge on any atom is 0.00812 e. The van der Waals surface area contributed by atoms with Crippen molar-refractivity contribution in [1.29, 1.82) is 0 Å². The molecule has 0 aromatic heterocycles. The van der Waals surface area contributed by atoms with E-state index in [1.807, 2.05) is 13.2 Å². The Balaban J connectivity index is 3.08. The molecule has 2 atom stereocenters. The summed E-state index contributed by atoms with van der Waals surface area (Å²) in [6, 6.07) is 8.46. The van der Waals surface area contributed by atoms with E-state index in [1.165, 1.54) is 10.9 Å². The lowest BCUT2D eigenvalue weighted by molar-refractivity contribution is 0.890. The first-order chi connectivity index (χ1) is 8.10. The topological polar surface area (TPSA) is 12.0 Å². The van der Waals surface area contributed by atoms with Gasteiger partial charge in [0.05, 0.1) is 0 Å². The minimum Gasteiger partial charge on any atom is -0.394 e. The quantitative estimate of drug-likeness (QED) is 0.620. The van der Waals surface area contributed by atoms with Gasteiger partial charge in [-0.3, -0.25) is 0 Å². The Kier molecular flexibility index (Phi) is 5.18. The van der Waals surface area contributed by atoms with Gasteiger partial charge in [0.15, 0.2) is 0 Å². The fraction of sp³-hybridized carbons (Fsp3) is 0.200. The first-order valence-corrected chi connectivity index (χ1v) is 6.22. The molecule has 0 heterocycles. The van der Waals surface area contributed by atoms with Crippen molar-refractivity contribution < 1.29 is 0 Å². The first-order valence-electron chi connectivity index (χ1n) is 5.64. The smallest absolute Gasteiger partial charge is 0.00812 e. The number of allylic oxidation sites excluding steroid dienone is 3. The van der Waals surface area contributed by atoms with Gasteiger partial charge in [-0.15, -0.1) is 9.24 Å². The second-order valence-corrected chi connectivity index (χ2v) is 4.68. The molecule has 1 N–H and O–H groups in total. The summed E-state index contributed by atoms with van der Waals surface area (Å²) in [6.45, 7) is 9.99. The highest BCUT2D eigenvalue weighted by molar-refractivity contribution is 7.27. The zero-order valence-electron chi connectivity index (χ0n) is 10.5. The highest BCUT2D eigenvalue weighted by Gasteiger charge is 2.12. The second kappa shape index (κ2) is 6.42. The summed E-state index contributed by atoms with van der Waals surface area (Å²) in [7, 11) is 4.62. The van der Waals surface area contributed by atoms with E-state index in [0.29, 0.717) is 5.92 Å². The van der Waals surface area contributed by atoms with Crippen LogP contribution in [0.3, 0.4) is 0 Å². The van der Waals surface area contributed by atoms with Crippen LogP contribution in [-0.2, 0) is 0 Å². The van der Waals surface area contributed by atoms with E-state index in [1.54, 1.807) is 6.08 Å². The highest BCUT2D eigenvalue weighted by atomic mass is 31.0. The Bertz CT molecular complexity index is 446. The van der Waals surface area contributed by atoms with Crippen LogP contribution < -0.4 is 10.6 Å². The molecular weight excluding hydrogens is 225 g/mol. The van der Waals surface area contributed by atoms with Crippen LogP contribution in [0.2, 0.25) is 0 Å². The molecule has 2 heteroatoms. The van der Waals surface area contributed by atoms with Gasteiger partial charge in [-0.1, -0.05) is 50.4 Å². The lowest BCUT2D eigenvalue weighted by Crippen LogP contribution is -2.06. The Morgan fingerprint density at radius 1 is 1.47 bits per heavy atom. The average Bonchev–Trinajstić information content (AvgIpc) is 2.34. The zero-order chi connectivity index (χ0) is 12.8. The van der Waals surface area contributed by atoms with Crippen LogP contribution in [0.25, 0.3) is 0 Å². The number of hydrogen-bond donors (Lipinski definition) is 1. The lowest BCUT2D eigenvalue weighted by atomic mass is 9.89. The molecule has 0 bridgehead atoms. The monoisotopic (exact) mass is 245 g/mol. The van der Waals surface area contributed by atoms with Gasteiger partial charge in [-0.25, -0.2) is 0 Å². The van der Waals surface area contributed by atoms with Crippen LogP contribution in [0.5, 0.6) is 0 Å². The number of nitrogens with one attached hydrogen (secondary N) is 1. The molecule has 2 unspecified atom stereocenters. The molecule has 1 nitrogen and oxygen atoms in total. The van der Waals surface area contributed by atoms with Gasteiger partial charge < -0.3 is 5.32 Å². The third-order valence-corrected chi connectivity index (χ3v) is 3.15. The standard InChI is InChI=1S/C15H20NP/c1-5-11(2)15(10-16-4)12(3)13-7-6-8-14(17)9-13/h5-10,12,16H,1-2,17H2,3-4H3/b15-10-. The van der Waals surface area contributed by atoms with E-state index >= 15 is 0 Å². The van der Waals surface area contributed by atoms with Crippen LogP contribution in [0.15, 0.2) is 60.8 Å². The normalized spacial score (nSPS) is 13.0. The average molecular weight is 245 g/mol. The third kappa shape index (κ3) is 3.57. The molecule has 0 amide bonds. The van der Waals surface area contributed by atoms with E-state index in [-0.39, 0.29) is 0 Å². The third-order valence-electron chi connectivity index (χ3n) is 2.79. The molecule has 0 radical (unpaired) electrons. The van der Waals surface area contributed by atoms with Crippen molar-refractivity contribution in [1.82, 2.24) is 5.32 Å². The molecule has 0 saturated heterocycles. The molecule has 0 aliphatic carbocycles. The van der Waals surface area contributed by atoms with E-state index in [4.69, 9.17) is 0 Å². The van der Waals surface area contributed by atoms with Crippen LogP contribution in [0.4, 0.5) is 0 Å². The fourth-order valence-corrected chi connectivity index (χ4v) is 2.08. The molecule has 0 spiro atoms. The molecule has 0 aliphatic rings. The zero-order valence-corrected chi connectivity index (χ0v) is 11.7. The maximum atomic E-state index is 4.03. The summed E-state index contributed by atoms with van der Waals surface area (Å²) < 4.78 is 0. The summed E-state index contributed by atoms with van der Waals surface area (Å²) in [6.07, 6.45) is 3.79. The minimum absolute atomic E-state index is 0.299. The summed E-state index contributed by atoms with van der Waals surface area (Å²) in [5.41, 5.74) is 3.40. The van der Waals surface area contributed by atoms with Crippen molar-refractivity contribution in [3.63, 3.8) is 0 Å². The predicted octanol–water partition coefficient (Wildman–Crippen LogP) is 3.14. The molecule has 0 saturated carbocycles.